The number of benzene rings is 1. The first-order chi connectivity index (χ1) is 12.1. The molecule has 0 spiro atoms. The summed E-state index contributed by atoms with van der Waals surface area (Å²) in [6.07, 6.45) is 1.96. The Balaban J connectivity index is 1.81. The van der Waals surface area contributed by atoms with E-state index >= 15 is 0 Å². The van der Waals surface area contributed by atoms with Gasteiger partial charge in [0.1, 0.15) is 5.75 Å². The van der Waals surface area contributed by atoms with Crippen LogP contribution in [0.1, 0.15) is 40.6 Å². The van der Waals surface area contributed by atoms with Crippen LogP contribution in [0.25, 0.3) is 0 Å². The molecule has 0 bridgehead atoms. The van der Waals surface area contributed by atoms with E-state index in [1.54, 1.807) is 7.11 Å². The number of hydrogen-bond donors (Lipinski definition) is 0. The normalized spacial score (nSPS) is 17.1. The molecule has 5 nitrogen and oxygen atoms in total. The molecule has 2 aromatic rings. The molecule has 1 atom stereocenters. The van der Waals surface area contributed by atoms with Gasteiger partial charge in [-0.15, -0.1) is 0 Å². The minimum atomic E-state index is 0.0525. The Morgan fingerprint density at radius 3 is 2.68 bits per heavy atom. The maximum Gasteiger partial charge on any atom is 0.254 e. The van der Waals surface area contributed by atoms with Crippen LogP contribution < -0.4 is 4.74 Å². The van der Waals surface area contributed by atoms with Crippen LogP contribution in [-0.4, -0.2) is 48.4 Å². The Hall–Kier alpha value is -2.40. The number of pyridine rings is 1. The second-order valence-electron chi connectivity index (χ2n) is 6.68. The van der Waals surface area contributed by atoms with Gasteiger partial charge in [-0.3, -0.25) is 9.78 Å². The predicted molar refractivity (Wildman–Crippen MR) is 97.6 cm³/mol. The fourth-order valence-corrected chi connectivity index (χ4v) is 3.31. The van der Waals surface area contributed by atoms with Crippen molar-refractivity contribution in [2.24, 2.45) is 0 Å². The highest BCUT2D eigenvalue weighted by atomic mass is 16.5. The van der Waals surface area contributed by atoms with Crippen molar-refractivity contribution in [2.45, 2.75) is 25.4 Å². The summed E-state index contributed by atoms with van der Waals surface area (Å²) in [4.78, 5) is 21.8. The zero-order valence-corrected chi connectivity index (χ0v) is 15.1. The van der Waals surface area contributed by atoms with Crippen molar-refractivity contribution in [3.63, 3.8) is 0 Å². The van der Waals surface area contributed by atoms with Gasteiger partial charge in [0.15, 0.2) is 0 Å². The van der Waals surface area contributed by atoms with Gasteiger partial charge in [0, 0.05) is 18.7 Å². The Morgan fingerprint density at radius 1 is 1.24 bits per heavy atom. The van der Waals surface area contributed by atoms with Gasteiger partial charge in [-0.2, -0.15) is 0 Å². The summed E-state index contributed by atoms with van der Waals surface area (Å²) in [6.45, 7) is 1.57. The fourth-order valence-electron chi connectivity index (χ4n) is 3.31. The number of likely N-dealkylation sites (tertiary alicyclic amines) is 1. The SMILES string of the molecule is COc1ccc(C(=O)N2CCCC2c2cccc(CN(C)C)n2)cc1. The Labute approximate surface area is 149 Å². The smallest absolute Gasteiger partial charge is 0.254 e. The minimum Gasteiger partial charge on any atom is -0.497 e. The average molecular weight is 339 g/mol. The molecule has 25 heavy (non-hydrogen) atoms. The summed E-state index contributed by atoms with van der Waals surface area (Å²) in [7, 11) is 5.69. The summed E-state index contributed by atoms with van der Waals surface area (Å²) in [5.74, 6) is 0.817. The molecule has 1 unspecified atom stereocenters. The topological polar surface area (TPSA) is 45.7 Å². The minimum absolute atomic E-state index is 0.0525. The molecule has 1 aromatic carbocycles. The third-order valence-electron chi connectivity index (χ3n) is 4.50. The van der Waals surface area contributed by atoms with Gasteiger partial charge in [0.05, 0.1) is 24.5 Å². The molecule has 1 amide bonds. The predicted octanol–water partition coefficient (Wildman–Crippen LogP) is 3.13. The number of carbonyl (C=O) groups excluding carboxylic acids is 1. The van der Waals surface area contributed by atoms with Crippen LogP contribution in [0.3, 0.4) is 0 Å². The fraction of sp³-hybridized carbons (Fsp3) is 0.400. The number of nitrogens with zero attached hydrogens (tertiary/aromatic N) is 3. The van der Waals surface area contributed by atoms with Crippen molar-refractivity contribution < 1.29 is 9.53 Å². The van der Waals surface area contributed by atoms with E-state index in [0.29, 0.717) is 5.56 Å². The van der Waals surface area contributed by atoms with Gasteiger partial charge in [-0.25, -0.2) is 0 Å². The molecule has 1 fully saturated rings. The van der Waals surface area contributed by atoms with Crippen molar-refractivity contribution in [1.82, 2.24) is 14.8 Å². The van der Waals surface area contributed by atoms with Crippen LogP contribution in [0.2, 0.25) is 0 Å². The van der Waals surface area contributed by atoms with Crippen molar-refractivity contribution in [3.8, 4) is 5.75 Å². The quantitative estimate of drug-likeness (QED) is 0.840. The molecule has 1 aliphatic heterocycles. The molecule has 1 aromatic heterocycles. The average Bonchev–Trinajstić information content (AvgIpc) is 3.10. The lowest BCUT2D eigenvalue weighted by molar-refractivity contribution is 0.0732. The zero-order valence-electron chi connectivity index (χ0n) is 15.1. The molecule has 132 valence electrons. The van der Waals surface area contributed by atoms with Gasteiger partial charge in [0.2, 0.25) is 0 Å². The Morgan fingerprint density at radius 2 is 2.00 bits per heavy atom. The van der Waals surface area contributed by atoms with Crippen LogP contribution in [-0.2, 0) is 6.54 Å². The van der Waals surface area contributed by atoms with Crippen molar-refractivity contribution in [1.29, 1.82) is 0 Å². The van der Waals surface area contributed by atoms with E-state index in [1.807, 2.05) is 61.5 Å². The van der Waals surface area contributed by atoms with Gasteiger partial charge in [-0.05, 0) is 63.3 Å². The second kappa shape index (κ2) is 7.66. The summed E-state index contributed by atoms with van der Waals surface area (Å²) in [5, 5.41) is 0. The summed E-state index contributed by atoms with van der Waals surface area (Å²) < 4.78 is 5.17. The monoisotopic (exact) mass is 339 g/mol. The second-order valence-corrected chi connectivity index (χ2v) is 6.68. The highest BCUT2D eigenvalue weighted by Gasteiger charge is 2.31. The third-order valence-corrected chi connectivity index (χ3v) is 4.50. The zero-order chi connectivity index (χ0) is 17.8. The number of aromatic nitrogens is 1. The van der Waals surface area contributed by atoms with E-state index in [0.717, 1.165) is 43.1 Å². The third kappa shape index (κ3) is 3.99. The van der Waals surface area contributed by atoms with E-state index in [4.69, 9.17) is 9.72 Å². The Kier molecular flexibility index (Phi) is 5.34. The van der Waals surface area contributed by atoms with E-state index in [9.17, 15) is 4.79 Å². The van der Waals surface area contributed by atoms with Crippen molar-refractivity contribution >= 4 is 5.91 Å². The highest BCUT2D eigenvalue weighted by Crippen LogP contribution is 2.32. The van der Waals surface area contributed by atoms with E-state index in [-0.39, 0.29) is 11.9 Å². The van der Waals surface area contributed by atoms with Crippen LogP contribution in [0.4, 0.5) is 0 Å². The highest BCUT2D eigenvalue weighted by molar-refractivity contribution is 5.94. The molecule has 0 aliphatic carbocycles. The maximum atomic E-state index is 12.9. The lowest BCUT2D eigenvalue weighted by Crippen LogP contribution is -2.31. The number of hydrogen-bond acceptors (Lipinski definition) is 4. The lowest BCUT2D eigenvalue weighted by atomic mass is 10.1. The lowest BCUT2D eigenvalue weighted by Gasteiger charge is -2.25. The van der Waals surface area contributed by atoms with Crippen molar-refractivity contribution in [2.75, 3.05) is 27.7 Å². The van der Waals surface area contributed by atoms with Gasteiger partial charge in [0.25, 0.3) is 5.91 Å². The van der Waals surface area contributed by atoms with Crippen molar-refractivity contribution in [3.05, 3.63) is 59.4 Å². The summed E-state index contributed by atoms with van der Waals surface area (Å²) >= 11 is 0. The van der Waals surface area contributed by atoms with Gasteiger partial charge in [-0.1, -0.05) is 6.07 Å². The van der Waals surface area contributed by atoms with E-state index in [1.165, 1.54) is 0 Å². The number of methoxy groups -OCH3 is 1. The molecule has 5 heteroatoms. The molecule has 0 N–H and O–H groups in total. The summed E-state index contributed by atoms with van der Waals surface area (Å²) in [5.41, 5.74) is 2.71. The maximum absolute atomic E-state index is 12.9. The molecular weight excluding hydrogens is 314 g/mol. The number of rotatable bonds is 5. The first kappa shape index (κ1) is 17.4. The summed E-state index contributed by atoms with van der Waals surface area (Å²) in [6, 6.07) is 13.5. The first-order valence-electron chi connectivity index (χ1n) is 8.64. The number of carbonyl (C=O) groups is 1. The molecule has 1 aliphatic rings. The number of amides is 1. The van der Waals surface area contributed by atoms with Crippen LogP contribution in [0.5, 0.6) is 5.75 Å². The number of ether oxygens (including phenoxy) is 1. The molecule has 1 saturated heterocycles. The van der Waals surface area contributed by atoms with Crippen LogP contribution in [0, 0.1) is 0 Å². The van der Waals surface area contributed by atoms with E-state index in [2.05, 4.69) is 4.90 Å². The first-order valence-corrected chi connectivity index (χ1v) is 8.64. The van der Waals surface area contributed by atoms with E-state index < -0.39 is 0 Å². The molecular formula is C20H25N3O2. The molecule has 0 saturated carbocycles. The molecule has 3 rings (SSSR count). The standard InChI is InChI=1S/C20H25N3O2/c1-22(2)14-16-6-4-7-18(21-16)19-8-5-13-23(19)20(24)15-9-11-17(25-3)12-10-15/h4,6-7,9-12,19H,5,8,13-14H2,1-3H3. The van der Waals surface area contributed by atoms with Crippen LogP contribution >= 0.6 is 0 Å². The molecule has 2 heterocycles. The molecule has 0 radical (unpaired) electrons. The van der Waals surface area contributed by atoms with Gasteiger partial charge < -0.3 is 14.5 Å². The largest absolute Gasteiger partial charge is 0.497 e. The van der Waals surface area contributed by atoms with Crippen LogP contribution in [0.15, 0.2) is 42.5 Å². The Bertz CT molecular complexity index is 728. The van der Waals surface area contributed by atoms with Gasteiger partial charge >= 0.3 is 0 Å².